The van der Waals surface area contributed by atoms with Gasteiger partial charge in [0.25, 0.3) is 0 Å². The molecule has 0 amide bonds. The van der Waals surface area contributed by atoms with Gasteiger partial charge in [-0.15, -0.1) is 0 Å². The second-order valence-electron chi connectivity index (χ2n) is 4.17. The summed E-state index contributed by atoms with van der Waals surface area (Å²) in [7, 11) is 0. The molecule has 1 aromatic rings. The molecule has 2 heterocycles. The lowest BCUT2D eigenvalue weighted by atomic mass is 10.2. The number of nitrogens with zero attached hydrogens (tertiary/aromatic N) is 2. The van der Waals surface area contributed by atoms with Crippen LogP contribution in [0.25, 0.3) is 0 Å². The zero-order valence-electron chi connectivity index (χ0n) is 10.5. The van der Waals surface area contributed by atoms with Gasteiger partial charge in [0.15, 0.2) is 0 Å². The first kappa shape index (κ1) is 13.4. The van der Waals surface area contributed by atoms with Crippen LogP contribution in [-0.2, 0) is 16.1 Å². The molecule has 0 aromatic carbocycles. The first-order valence-electron chi connectivity index (χ1n) is 6.18. The number of carbonyl (C=O) groups excluding carboxylic acids is 1. The second kappa shape index (κ2) is 6.75. The van der Waals surface area contributed by atoms with E-state index >= 15 is 0 Å². The Morgan fingerprint density at radius 3 is 3.28 bits per heavy atom. The lowest BCUT2D eigenvalue weighted by Gasteiger charge is -2.33. The predicted molar refractivity (Wildman–Crippen MR) is 72.4 cm³/mol. The number of rotatable bonds is 4. The standard InChI is InChI=1S/C13H18N2O2S/c1-2-17-13(16)12-10-18-7-6-15(12)9-11-4-3-5-14-8-11/h3-5,8,12H,2,6-7,9-10H2,1H3. The number of ether oxygens (including phenoxy) is 1. The lowest BCUT2D eigenvalue weighted by molar-refractivity contribution is -0.148. The van der Waals surface area contributed by atoms with Crippen molar-refractivity contribution in [1.29, 1.82) is 0 Å². The van der Waals surface area contributed by atoms with Gasteiger partial charge in [-0.2, -0.15) is 11.8 Å². The highest BCUT2D eigenvalue weighted by molar-refractivity contribution is 7.99. The van der Waals surface area contributed by atoms with Crippen molar-refractivity contribution < 1.29 is 9.53 Å². The van der Waals surface area contributed by atoms with Crippen molar-refractivity contribution in [1.82, 2.24) is 9.88 Å². The molecule has 0 spiro atoms. The Hall–Kier alpha value is -1.07. The number of hydrogen-bond donors (Lipinski definition) is 0. The Morgan fingerprint density at radius 1 is 1.67 bits per heavy atom. The fraction of sp³-hybridized carbons (Fsp3) is 0.538. The summed E-state index contributed by atoms with van der Waals surface area (Å²) in [6.07, 6.45) is 3.61. The number of aromatic nitrogens is 1. The van der Waals surface area contributed by atoms with Crippen LogP contribution in [0.4, 0.5) is 0 Å². The fourth-order valence-corrected chi connectivity index (χ4v) is 3.11. The molecule has 98 valence electrons. The van der Waals surface area contributed by atoms with Gasteiger partial charge in [0, 0.05) is 37.0 Å². The van der Waals surface area contributed by atoms with E-state index in [1.165, 1.54) is 0 Å². The Balaban J connectivity index is 2.01. The molecule has 5 heteroatoms. The molecule has 1 unspecified atom stereocenters. The number of carbonyl (C=O) groups is 1. The van der Waals surface area contributed by atoms with Crippen LogP contribution >= 0.6 is 11.8 Å². The molecule has 0 radical (unpaired) electrons. The summed E-state index contributed by atoms with van der Waals surface area (Å²) in [5, 5.41) is 0. The third-order valence-corrected chi connectivity index (χ3v) is 3.93. The molecule has 1 aromatic heterocycles. The summed E-state index contributed by atoms with van der Waals surface area (Å²) < 4.78 is 5.14. The van der Waals surface area contributed by atoms with Gasteiger partial charge >= 0.3 is 5.97 Å². The van der Waals surface area contributed by atoms with Crippen molar-refractivity contribution in [2.75, 3.05) is 24.7 Å². The summed E-state index contributed by atoms with van der Waals surface area (Å²) in [4.78, 5) is 18.2. The van der Waals surface area contributed by atoms with Gasteiger partial charge in [-0.25, -0.2) is 0 Å². The Labute approximate surface area is 112 Å². The predicted octanol–water partition coefficient (Wildman–Crippen LogP) is 1.56. The largest absolute Gasteiger partial charge is 0.465 e. The Morgan fingerprint density at radius 2 is 2.56 bits per heavy atom. The van der Waals surface area contributed by atoms with Crippen LogP contribution in [0.15, 0.2) is 24.5 Å². The van der Waals surface area contributed by atoms with Crippen LogP contribution in [-0.4, -0.2) is 46.6 Å². The molecule has 1 atom stereocenters. The Kier molecular flexibility index (Phi) is 5.01. The summed E-state index contributed by atoms with van der Waals surface area (Å²) in [5.41, 5.74) is 1.14. The quantitative estimate of drug-likeness (QED) is 0.774. The highest BCUT2D eigenvalue weighted by Crippen LogP contribution is 2.19. The molecule has 0 aliphatic carbocycles. The highest BCUT2D eigenvalue weighted by Gasteiger charge is 2.30. The molecular weight excluding hydrogens is 248 g/mol. The van der Waals surface area contributed by atoms with E-state index in [1.54, 1.807) is 6.20 Å². The molecule has 2 rings (SSSR count). The Bertz CT molecular complexity index is 386. The van der Waals surface area contributed by atoms with Crippen LogP contribution in [0, 0.1) is 0 Å². The van der Waals surface area contributed by atoms with Gasteiger partial charge in [-0.1, -0.05) is 6.07 Å². The van der Waals surface area contributed by atoms with Crippen molar-refractivity contribution in [2.45, 2.75) is 19.5 Å². The zero-order chi connectivity index (χ0) is 12.8. The van der Waals surface area contributed by atoms with E-state index in [9.17, 15) is 4.79 Å². The van der Waals surface area contributed by atoms with Crippen LogP contribution in [0.5, 0.6) is 0 Å². The maximum absolute atomic E-state index is 11.9. The number of thioether (sulfide) groups is 1. The normalized spacial score (nSPS) is 20.6. The number of esters is 1. The van der Waals surface area contributed by atoms with Crippen LogP contribution in [0.1, 0.15) is 12.5 Å². The minimum Gasteiger partial charge on any atom is -0.465 e. The molecule has 1 fully saturated rings. The van der Waals surface area contributed by atoms with E-state index < -0.39 is 0 Å². The molecular formula is C13H18N2O2S. The third-order valence-electron chi connectivity index (χ3n) is 2.91. The second-order valence-corrected chi connectivity index (χ2v) is 5.32. The molecule has 4 nitrogen and oxygen atoms in total. The van der Waals surface area contributed by atoms with E-state index in [1.807, 2.05) is 37.0 Å². The smallest absolute Gasteiger partial charge is 0.324 e. The molecule has 1 saturated heterocycles. The van der Waals surface area contributed by atoms with E-state index in [0.29, 0.717) is 6.61 Å². The topological polar surface area (TPSA) is 42.4 Å². The van der Waals surface area contributed by atoms with Gasteiger partial charge in [0.2, 0.25) is 0 Å². The van der Waals surface area contributed by atoms with E-state index in [4.69, 9.17) is 4.74 Å². The van der Waals surface area contributed by atoms with Crippen molar-refractivity contribution in [3.8, 4) is 0 Å². The average Bonchev–Trinajstić information content (AvgIpc) is 2.41. The number of pyridine rings is 1. The van der Waals surface area contributed by atoms with Gasteiger partial charge in [-0.3, -0.25) is 14.7 Å². The van der Waals surface area contributed by atoms with Gasteiger partial charge in [0.05, 0.1) is 6.61 Å². The van der Waals surface area contributed by atoms with Gasteiger partial charge < -0.3 is 4.74 Å². The molecule has 1 aliphatic rings. The van der Waals surface area contributed by atoms with Crippen LogP contribution in [0.3, 0.4) is 0 Å². The summed E-state index contributed by atoms with van der Waals surface area (Å²) >= 11 is 1.81. The van der Waals surface area contributed by atoms with E-state index in [2.05, 4.69) is 9.88 Å². The minimum absolute atomic E-state index is 0.103. The van der Waals surface area contributed by atoms with Crippen molar-refractivity contribution >= 4 is 17.7 Å². The van der Waals surface area contributed by atoms with Gasteiger partial charge in [-0.05, 0) is 18.6 Å². The third kappa shape index (κ3) is 3.46. The minimum atomic E-state index is -0.121. The molecule has 0 N–H and O–H groups in total. The number of hydrogen-bond acceptors (Lipinski definition) is 5. The average molecular weight is 266 g/mol. The van der Waals surface area contributed by atoms with Crippen molar-refractivity contribution in [2.24, 2.45) is 0 Å². The van der Waals surface area contributed by atoms with E-state index in [-0.39, 0.29) is 12.0 Å². The van der Waals surface area contributed by atoms with E-state index in [0.717, 1.165) is 30.2 Å². The lowest BCUT2D eigenvalue weighted by Crippen LogP contribution is -2.47. The van der Waals surface area contributed by atoms with Crippen molar-refractivity contribution in [3.05, 3.63) is 30.1 Å². The monoisotopic (exact) mass is 266 g/mol. The first-order chi connectivity index (χ1) is 8.81. The molecule has 0 saturated carbocycles. The van der Waals surface area contributed by atoms with Crippen LogP contribution in [0.2, 0.25) is 0 Å². The maximum Gasteiger partial charge on any atom is 0.324 e. The molecule has 18 heavy (non-hydrogen) atoms. The van der Waals surface area contributed by atoms with Gasteiger partial charge in [0.1, 0.15) is 6.04 Å². The SMILES string of the molecule is CCOC(=O)C1CSCCN1Cc1cccnc1. The van der Waals surface area contributed by atoms with Crippen LogP contribution < -0.4 is 0 Å². The van der Waals surface area contributed by atoms with Crippen molar-refractivity contribution in [3.63, 3.8) is 0 Å². The first-order valence-corrected chi connectivity index (χ1v) is 7.34. The summed E-state index contributed by atoms with van der Waals surface area (Å²) in [6.45, 7) is 3.97. The zero-order valence-corrected chi connectivity index (χ0v) is 11.4. The fourth-order valence-electron chi connectivity index (χ4n) is 2.01. The highest BCUT2D eigenvalue weighted by atomic mass is 32.2. The molecule has 1 aliphatic heterocycles. The summed E-state index contributed by atoms with van der Waals surface area (Å²) in [5.74, 6) is 1.78. The maximum atomic E-state index is 11.9. The summed E-state index contributed by atoms with van der Waals surface area (Å²) in [6, 6.07) is 3.84. The molecule has 0 bridgehead atoms.